The van der Waals surface area contributed by atoms with Crippen molar-refractivity contribution in [3.8, 4) is 0 Å². The number of rotatable bonds is 3. The zero-order chi connectivity index (χ0) is 26.6. The molecule has 8 atom stereocenters. The maximum absolute atomic E-state index is 12.0. The van der Waals surface area contributed by atoms with E-state index >= 15 is 0 Å². The highest BCUT2D eigenvalue weighted by atomic mass is 16.5. The lowest BCUT2D eigenvalue weighted by Crippen LogP contribution is -2.56. The van der Waals surface area contributed by atoms with Gasteiger partial charge in [-0.05, 0) is 103 Å². The minimum atomic E-state index is -0.812. The average Bonchev–Trinajstić information content (AvgIpc) is 3.59. The number of β-amino-alcohol motifs (C(OH)–C–C–N with tert-alkyl or cyclic N) is 1. The van der Waals surface area contributed by atoms with Crippen LogP contribution in [0.1, 0.15) is 76.2 Å². The van der Waals surface area contributed by atoms with E-state index in [1.807, 2.05) is 12.4 Å². The van der Waals surface area contributed by atoms with Crippen molar-refractivity contribution in [1.82, 2.24) is 9.88 Å². The number of aliphatic hydroxyl groups is 1. The summed E-state index contributed by atoms with van der Waals surface area (Å²) >= 11 is 0. The molecule has 2 N–H and O–H groups in total. The van der Waals surface area contributed by atoms with Crippen LogP contribution in [0.3, 0.4) is 0 Å². The molecule has 39 heavy (non-hydrogen) atoms. The fraction of sp³-hybridized carbons (Fsp3) is 0.576. The van der Waals surface area contributed by atoms with Gasteiger partial charge in [0.2, 0.25) is 0 Å². The maximum Gasteiger partial charge on any atom is 0.321 e. The third-order valence-corrected chi connectivity index (χ3v) is 11.8. The molecule has 4 heterocycles. The number of pyridine rings is 1. The molecule has 0 amide bonds. The van der Waals surface area contributed by atoms with Gasteiger partial charge in [-0.1, -0.05) is 31.2 Å². The first-order valence-corrected chi connectivity index (χ1v) is 14.9. The summed E-state index contributed by atoms with van der Waals surface area (Å²) in [5, 5.41) is 22.6. The minimum Gasteiger partial charge on any atom is -0.480 e. The highest BCUT2D eigenvalue weighted by molar-refractivity contribution is 5.82. The van der Waals surface area contributed by atoms with E-state index in [4.69, 9.17) is 4.74 Å². The van der Waals surface area contributed by atoms with Crippen LogP contribution in [0, 0.1) is 11.3 Å². The number of likely N-dealkylation sites (tertiary alicyclic amines) is 1. The number of carbonyl (C=O) groups is 1. The molecule has 0 radical (unpaired) electrons. The molecule has 4 fully saturated rings. The molecule has 6 heteroatoms. The van der Waals surface area contributed by atoms with Crippen LogP contribution in [0.4, 0.5) is 0 Å². The van der Waals surface area contributed by atoms with Gasteiger partial charge >= 0.3 is 5.97 Å². The number of carboxylic acid groups (broad SMARTS) is 1. The normalized spacial score (nSPS) is 43.0. The van der Waals surface area contributed by atoms with E-state index in [2.05, 4.69) is 53.2 Å². The predicted molar refractivity (Wildman–Crippen MR) is 148 cm³/mol. The fourth-order valence-corrected chi connectivity index (χ4v) is 10.0. The molecule has 6 nitrogen and oxygen atoms in total. The number of hydrogen-bond acceptors (Lipinski definition) is 5. The lowest BCUT2D eigenvalue weighted by atomic mass is 9.58. The Bertz CT molecular complexity index is 1430. The zero-order valence-corrected chi connectivity index (χ0v) is 22.7. The Kier molecular flexibility index (Phi) is 5.13. The van der Waals surface area contributed by atoms with E-state index < -0.39 is 18.1 Å². The number of carboxylic acids is 1. The Labute approximate surface area is 229 Å². The van der Waals surface area contributed by atoms with Crippen molar-refractivity contribution in [3.05, 3.63) is 65.5 Å². The number of benzene rings is 1. The Morgan fingerprint density at radius 1 is 1.15 bits per heavy atom. The molecule has 2 saturated carbocycles. The van der Waals surface area contributed by atoms with Crippen molar-refractivity contribution in [2.75, 3.05) is 6.54 Å². The van der Waals surface area contributed by atoms with Gasteiger partial charge in [0.1, 0.15) is 6.04 Å². The first kappa shape index (κ1) is 24.3. The molecule has 2 spiro atoms. The molecule has 2 saturated heterocycles. The van der Waals surface area contributed by atoms with Gasteiger partial charge in [0.15, 0.2) is 0 Å². The summed E-state index contributed by atoms with van der Waals surface area (Å²) in [6.45, 7) is 2.96. The summed E-state index contributed by atoms with van der Waals surface area (Å²) in [7, 11) is 0. The van der Waals surface area contributed by atoms with Crippen molar-refractivity contribution in [2.24, 2.45) is 11.3 Å². The molecule has 204 valence electrons. The first-order valence-electron chi connectivity index (χ1n) is 14.9. The molecular weight excluding hydrogens is 488 g/mol. The largest absolute Gasteiger partial charge is 0.480 e. The summed E-state index contributed by atoms with van der Waals surface area (Å²) in [4.78, 5) is 18.4. The highest BCUT2D eigenvalue weighted by Gasteiger charge is 2.67. The van der Waals surface area contributed by atoms with Crippen LogP contribution in [-0.2, 0) is 9.53 Å². The second-order valence-electron chi connectivity index (χ2n) is 13.5. The maximum atomic E-state index is 12.0. The second-order valence-corrected chi connectivity index (χ2v) is 13.5. The number of aliphatic carboxylic acids is 1. The lowest BCUT2D eigenvalue weighted by Gasteiger charge is -2.55. The minimum absolute atomic E-state index is 0.137. The molecule has 6 aliphatic rings. The van der Waals surface area contributed by atoms with E-state index in [1.165, 1.54) is 40.3 Å². The van der Waals surface area contributed by atoms with Crippen molar-refractivity contribution < 1.29 is 19.7 Å². The summed E-state index contributed by atoms with van der Waals surface area (Å²) in [5.74, 6) is 0.149. The van der Waals surface area contributed by atoms with Crippen LogP contribution in [0.2, 0.25) is 0 Å². The van der Waals surface area contributed by atoms with Crippen LogP contribution >= 0.6 is 0 Å². The monoisotopic (exact) mass is 526 g/mol. The summed E-state index contributed by atoms with van der Waals surface area (Å²) < 4.78 is 7.44. The van der Waals surface area contributed by atoms with Crippen LogP contribution < -0.4 is 0 Å². The van der Waals surface area contributed by atoms with Gasteiger partial charge in [0.05, 0.1) is 17.3 Å². The Balaban J connectivity index is 1.12. The van der Waals surface area contributed by atoms with E-state index in [9.17, 15) is 15.0 Å². The SMILES string of the molecule is C[C@]12CC=C3C=C4CC[C@H](N5C[C@H](O)C[C@H]5C(=O)O)C[C@]45CC[C@]3(O5)[C@@H]1CCC2c1ccc2ccncc2c1. The second kappa shape index (κ2) is 8.25. The third-order valence-electron chi connectivity index (χ3n) is 11.8. The standard InChI is InChI=1S/C33H38N2O4/c1-31-10-8-24-15-23-4-5-25(35-19-26(36)16-28(35)30(37)38)17-32(23)11-12-33(24,39-32)29(31)7-6-27(31)21-3-2-20-9-13-34-18-22(20)14-21/h2-3,8-9,13-15,18,25-29,36H,4-7,10-12,16-17,19H2,1H3,(H,37,38)/t25-,26+,27?,28-,29+,31+,32+,33+/m0/s1. The summed E-state index contributed by atoms with van der Waals surface area (Å²) in [6, 6.07) is 8.59. The van der Waals surface area contributed by atoms with E-state index in [0.717, 1.165) is 38.5 Å². The molecule has 1 aromatic carbocycles. The van der Waals surface area contributed by atoms with E-state index in [1.54, 1.807) is 0 Å². The van der Waals surface area contributed by atoms with Crippen LogP contribution in [-0.4, -0.2) is 62.0 Å². The number of allylic oxidation sites excluding steroid dienone is 1. The highest BCUT2D eigenvalue weighted by Crippen LogP contribution is 2.69. The van der Waals surface area contributed by atoms with Crippen LogP contribution in [0.25, 0.3) is 10.8 Å². The predicted octanol–water partition coefficient (Wildman–Crippen LogP) is 5.37. The number of ether oxygens (including phenoxy) is 1. The molecule has 3 aliphatic heterocycles. The smallest absolute Gasteiger partial charge is 0.321 e. The summed E-state index contributed by atoms with van der Waals surface area (Å²) in [6.07, 6.45) is 16.8. The Morgan fingerprint density at radius 2 is 2.05 bits per heavy atom. The number of hydrogen-bond donors (Lipinski definition) is 2. The van der Waals surface area contributed by atoms with Gasteiger partial charge in [-0.2, -0.15) is 0 Å². The molecule has 1 aromatic heterocycles. The van der Waals surface area contributed by atoms with Crippen molar-refractivity contribution in [3.63, 3.8) is 0 Å². The summed E-state index contributed by atoms with van der Waals surface area (Å²) in [5.41, 5.74) is 3.88. The van der Waals surface area contributed by atoms with Gasteiger partial charge in [0, 0.05) is 36.8 Å². The van der Waals surface area contributed by atoms with Crippen LogP contribution in [0.5, 0.6) is 0 Å². The molecular formula is C33H38N2O4. The number of nitrogens with zero attached hydrogens (tertiary/aromatic N) is 2. The van der Waals surface area contributed by atoms with Gasteiger partial charge in [-0.25, -0.2) is 0 Å². The van der Waals surface area contributed by atoms with E-state index in [-0.39, 0.29) is 22.7 Å². The number of aromatic nitrogens is 1. The molecule has 8 rings (SSSR count). The average molecular weight is 527 g/mol. The van der Waals surface area contributed by atoms with Crippen molar-refractivity contribution in [1.29, 1.82) is 0 Å². The molecule has 1 unspecified atom stereocenters. The number of fused-ring (bicyclic) bond motifs is 2. The zero-order valence-electron chi connectivity index (χ0n) is 22.7. The third kappa shape index (κ3) is 3.31. The van der Waals surface area contributed by atoms with Gasteiger partial charge in [0.25, 0.3) is 0 Å². The van der Waals surface area contributed by atoms with Gasteiger partial charge in [-0.15, -0.1) is 0 Å². The lowest BCUT2D eigenvalue weighted by molar-refractivity contribution is -0.150. The van der Waals surface area contributed by atoms with Crippen molar-refractivity contribution >= 4 is 16.7 Å². The Hall–Kier alpha value is -2.54. The molecule has 3 aliphatic carbocycles. The molecule has 2 aromatic rings. The van der Waals surface area contributed by atoms with Crippen LogP contribution in [0.15, 0.2) is 60.0 Å². The fourth-order valence-electron chi connectivity index (χ4n) is 10.0. The van der Waals surface area contributed by atoms with Gasteiger partial charge in [-0.3, -0.25) is 14.7 Å². The topological polar surface area (TPSA) is 82.9 Å². The number of aliphatic hydroxyl groups excluding tert-OH is 1. The Morgan fingerprint density at radius 3 is 2.92 bits per heavy atom. The van der Waals surface area contributed by atoms with Crippen molar-refractivity contribution in [2.45, 2.75) is 100 Å². The van der Waals surface area contributed by atoms with E-state index in [0.29, 0.717) is 24.8 Å². The quantitative estimate of drug-likeness (QED) is 0.560. The first-order chi connectivity index (χ1) is 18.8. The van der Waals surface area contributed by atoms with Gasteiger partial charge < -0.3 is 14.9 Å². The molecule has 2 bridgehead atoms.